The molecule has 31 heavy (non-hydrogen) atoms. The topological polar surface area (TPSA) is 80.3 Å². The van der Waals surface area contributed by atoms with E-state index in [-0.39, 0.29) is 18.6 Å². The van der Waals surface area contributed by atoms with Gasteiger partial charge in [0.25, 0.3) is 11.8 Å². The summed E-state index contributed by atoms with van der Waals surface area (Å²) in [5.74, 6) is 1.75. The Hall–Kier alpha value is -3.26. The molecule has 8 nitrogen and oxygen atoms in total. The molecule has 2 aromatic carbocycles. The molecular formula is C23H27N3O5. The molecule has 164 valence electrons. The second-order valence-corrected chi connectivity index (χ2v) is 7.39. The largest absolute Gasteiger partial charge is 0.493 e. The minimum atomic E-state index is -0.139. The predicted octanol–water partition coefficient (Wildman–Crippen LogP) is 2.00. The van der Waals surface area contributed by atoms with E-state index < -0.39 is 0 Å². The zero-order valence-corrected chi connectivity index (χ0v) is 17.6. The molecule has 0 saturated carbocycles. The molecule has 0 atom stereocenters. The number of ether oxygens (including phenoxy) is 3. The molecule has 0 radical (unpaired) electrons. The molecule has 0 aliphatic carbocycles. The highest BCUT2D eigenvalue weighted by atomic mass is 16.7. The smallest absolute Gasteiger partial charge is 0.257 e. The number of para-hydroxylation sites is 1. The third kappa shape index (κ3) is 4.91. The molecule has 8 heteroatoms. The van der Waals surface area contributed by atoms with Crippen molar-refractivity contribution in [3.63, 3.8) is 0 Å². The summed E-state index contributed by atoms with van der Waals surface area (Å²) in [6.45, 7) is 6.71. The highest BCUT2D eigenvalue weighted by molar-refractivity contribution is 5.97. The van der Waals surface area contributed by atoms with Gasteiger partial charge in [0.2, 0.25) is 6.79 Å². The molecule has 0 aromatic heterocycles. The van der Waals surface area contributed by atoms with Gasteiger partial charge in [-0.2, -0.15) is 0 Å². The van der Waals surface area contributed by atoms with Gasteiger partial charge in [0, 0.05) is 44.8 Å². The standard InChI is InChI=1S/C23H27N3O5/c1-2-29-19-6-4-3-5-18(19)23(28)26-13-11-25(12-14-26)10-9-24-22(27)17-7-8-20-21(15-17)31-16-30-20/h3-8,15H,2,9-14,16H2,1H3,(H,24,27). The van der Waals surface area contributed by atoms with Crippen LogP contribution in [0.3, 0.4) is 0 Å². The number of amides is 2. The average molecular weight is 425 g/mol. The Balaban J connectivity index is 1.22. The SMILES string of the molecule is CCOc1ccccc1C(=O)N1CCN(CCNC(=O)c2ccc3c(c2)OCO3)CC1. The third-order valence-corrected chi connectivity index (χ3v) is 5.43. The zero-order chi connectivity index (χ0) is 21.6. The number of benzene rings is 2. The summed E-state index contributed by atoms with van der Waals surface area (Å²) < 4.78 is 16.2. The van der Waals surface area contributed by atoms with Gasteiger partial charge in [0.15, 0.2) is 11.5 Å². The average Bonchev–Trinajstić information content (AvgIpc) is 3.27. The van der Waals surface area contributed by atoms with Gasteiger partial charge in [0.05, 0.1) is 12.2 Å². The first-order chi connectivity index (χ1) is 15.2. The Bertz CT molecular complexity index is 941. The van der Waals surface area contributed by atoms with Crippen molar-refractivity contribution in [2.75, 3.05) is 52.7 Å². The predicted molar refractivity (Wildman–Crippen MR) is 115 cm³/mol. The second kappa shape index (κ2) is 9.70. The van der Waals surface area contributed by atoms with E-state index in [1.807, 2.05) is 36.1 Å². The van der Waals surface area contributed by atoms with E-state index >= 15 is 0 Å². The van der Waals surface area contributed by atoms with Gasteiger partial charge in [-0.05, 0) is 37.3 Å². The van der Waals surface area contributed by atoms with E-state index in [2.05, 4.69) is 10.2 Å². The lowest BCUT2D eigenvalue weighted by atomic mass is 10.1. The Labute approximate surface area is 181 Å². The molecule has 1 fully saturated rings. The first kappa shape index (κ1) is 21.0. The van der Waals surface area contributed by atoms with Crippen LogP contribution in [0.15, 0.2) is 42.5 Å². The van der Waals surface area contributed by atoms with Crippen LogP contribution in [0.5, 0.6) is 17.2 Å². The molecule has 4 rings (SSSR count). The fourth-order valence-electron chi connectivity index (χ4n) is 3.74. The van der Waals surface area contributed by atoms with Crippen molar-refractivity contribution in [2.45, 2.75) is 6.92 Å². The van der Waals surface area contributed by atoms with E-state index in [1.165, 1.54) is 0 Å². The van der Waals surface area contributed by atoms with E-state index in [0.29, 0.717) is 54.6 Å². The van der Waals surface area contributed by atoms with Gasteiger partial charge >= 0.3 is 0 Å². The summed E-state index contributed by atoms with van der Waals surface area (Å²) in [6, 6.07) is 12.5. The van der Waals surface area contributed by atoms with Crippen LogP contribution < -0.4 is 19.5 Å². The summed E-state index contributed by atoms with van der Waals surface area (Å²) in [4.78, 5) is 29.4. The third-order valence-electron chi connectivity index (χ3n) is 5.43. The fraction of sp³-hybridized carbons (Fsp3) is 0.391. The van der Waals surface area contributed by atoms with Crippen molar-refractivity contribution in [3.8, 4) is 17.2 Å². The maximum atomic E-state index is 12.9. The van der Waals surface area contributed by atoms with Gasteiger partial charge in [-0.3, -0.25) is 14.5 Å². The molecule has 0 unspecified atom stereocenters. The van der Waals surface area contributed by atoms with Gasteiger partial charge in [-0.25, -0.2) is 0 Å². The molecule has 2 amide bonds. The molecule has 2 aliphatic heterocycles. The van der Waals surface area contributed by atoms with Crippen LogP contribution in [0.2, 0.25) is 0 Å². The maximum Gasteiger partial charge on any atom is 0.257 e. The Morgan fingerprint density at radius 3 is 2.61 bits per heavy atom. The molecule has 0 spiro atoms. The zero-order valence-electron chi connectivity index (χ0n) is 17.6. The number of hydrogen-bond donors (Lipinski definition) is 1. The molecule has 1 saturated heterocycles. The minimum Gasteiger partial charge on any atom is -0.493 e. The van der Waals surface area contributed by atoms with Gasteiger partial charge in [-0.1, -0.05) is 12.1 Å². The Morgan fingerprint density at radius 1 is 1.03 bits per heavy atom. The molecule has 0 bridgehead atoms. The summed E-state index contributed by atoms with van der Waals surface area (Å²) in [6.07, 6.45) is 0. The van der Waals surface area contributed by atoms with Crippen molar-refractivity contribution in [3.05, 3.63) is 53.6 Å². The number of hydrogen-bond acceptors (Lipinski definition) is 6. The Kier molecular flexibility index (Phi) is 6.57. The maximum absolute atomic E-state index is 12.9. The van der Waals surface area contributed by atoms with Crippen molar-refractivity contribution < 1.29 is 23.8 Å². The lowest BCUT2D eigenvalue weighted by Gasteiger charge is -2.35. The number of carbonyl (C=O) groups excluding carboxylic acids is 2. The number of rotatable bonds is 7. The minimum absolute atomic E-state index is 0.000175. The molecule has 2 aromatic rings. The van der Waals surface area contributed by atoms with E-state index in [0.717, 1.165) is 19.6 Å². The normalized spacial score (nSPS) is 15.6. The summed E-state index contributed by atoms with van der Waals surface area (Å²) in [7, 11) is 0. The van der Waals surface area contributed by atoms with E-state index in [9.17, 15) is 9.59 Å². The summed E-state index contributed by atoms with van der Waals surface area (Å²) >= 11 is 0. The van der Waals surface area contributed by atoms with Gasteiger partial charge in [0.1, 0.15) is 5.75 Å². The first-order valence-electron chi connectivity index (χ1n) is 10.6. The van der Waals surface area contributed by atoms with Crippen LogP contribution in [-0.2, 0) is 0 Å². The number of piperazine rings is 1. The highest BCUT2D eigenvalue weighted by Gasteiger charge is 2.24. The van der Waals surface area contributed by atoms with Crippen LogP contribution in [0.25, 0.3) is 0 Å². The lowest BCUT2D eigenvalue weighted by molar-refractivity contribution is 0.0634. The molecule has 2 heterocycles. The quantitative estimate of drug-likeness (QED) is 0.731. The van der Waals surface area contributed by atoms with Crippen LogP contribution in [-0.4, -0.2) is 74.3 Å². The molecule has 2 aliphatic rings. The molecule has 1 N–H and O–H groups in total. The van der Waals surface area contributed by atoms with Gasteiger partial charge in [-0.15, -0.1) is 0 Å². The van der Waals surface area contributed by atoms with Crippen molar-refractivity contribution in [2.24, 2.45) is 0 Å². The van der Waals surface area contributed by atoms with Crippen molar-refractivity contribution in [1.82, 2.24) is 15.1 Å². The summed E-state index contributed by atoms with van der Waals surface area (Å²) in [5.41, 5.74) is 1.15. The summed E-state index contributed by atoms with van der Waals surface area (Å²) in [5, 5.41) is 2.94. The lowest BCUT2D eigenvalue weighted by Crippen LogP contribution is -2.50. The van der Waals surface area contributed by atoms with Gasteiger partial charge < -0.3 is 24.4 Å². The number of nitrogens with one attached hydrogen (secondary N) is 1. The van der Waals surface area contributed by atoms with Crippen LogP contribution in [0.1, 0.15) is 27.6 Å². The second-order valence-electron chi connectivity index (χ2n) is 7.39. The fourth-order valence-corrected chi connectivity index (χ4v) is 3.74. The highest BCUT2D eigenvalue weighted by Crippen LogP contribution is 2.32. The molecular weight excluding hydrogens is 398 g/mol. The first-order valence-corrected chi connectivity index (χ1v) is 10.6. The van der Waals surface area contributed by atoms with Crippen LogP contribution >= 0.6 is 0 Å². The van der Waals surface area contributed by atoms with Crippen molar-refractivity contribution >= 4 is 11.8 Å². The number of fused-ring (bicyclic) bond motifs is 1. The number of carbonyl (C=O) groups is 2. The van der Waals surface area contributed by atoms with Crippen LogP contribution in [0, 0.1) is 0 Å². The Morgan fingerprint density at radius 2 is 1.81 bits per heavy atom. The monoisotopic (exact) mass is 425 g/mol. The van der Waals surface area contributed by atoms with Crippen molar-refractivity contribution in [1.29, 1.82) is 0 Å². The van der Waals surface area contributed by atoms with Crippen LogP contribution in [0.4, 0.5) is 0 Å². The van der Waals surface area contributed by atoms with E-state index in [1.54, 1.807) is 18.2 Å². The number of nitrogens with zero attached hydrogens (tertiary/aromatic N) is 2. The van der Waals surface area contributed by atoms with E-state index in [4.69, 9.17) is 14.2 Å².